The number of carboxylic acid groups (broad SMARTS) is 2. The molecule has 1 aromatic heterocycles. The molecule has 0 fully saturated rings. The smallest absolute Gasteiger partial charge is 0.394 e. The molecule has 2 unspecified atom stereocenters. The maximum absolute atomic E-state index is 10.9. The quantitative estimate of drug-likeness (QED) is 0.469. The van der Waals surface area contributed by atoms with Gasteiger partial charge in [0.15, 0.2) is 0 Å². The normalized spacial score (nSPS) is 13.8. The van der Waals surface area contributed by atoms with Gasteiger partial charge in [-0.1, -0.05) is 6.92 Å². The van der Waals surface area contributed by atoms with Crippen LogP contribution in [0.15, 0.2) is 12.4 Å². The summed E-state index contributed by atoms with van der Waals surface area (Å²) >= 11 is 0. The predicted octanol–water partition coefficient (Wildman–Crippen LogP) is 0.0359. The van der Waals surface area contributed by atoms with Crippen molar-refractivity contribution in [2.45, 2.75) is 19.3 Å². The van der Waals surface area contributed by atoms with Crippen LogP contribution in [0, 0.1) is 5.92 Å². The van der Waals surface area contributed by atoms with Gasteiger partial charge in [0.25, 0.3) is 0 Å². The van der Waals surface area contributed by atoms with Crippen molar-refractivity contribution in [1.82, 2.24) is 9.97 Å². The van der Waals surface area contributed by atoms with Crippen LogP contribution in [0.25, 0.3) is 0 Å². The molecule has 1 aromatic rings. The van der Waals surface area contributed by atoms with E-state index in [4.69, 9.17) is 27.7 Å². The lowest BCUT2D eigenvalue weighted by Crippen LogP contribution is -2.20. The Labute approximate surface area is 114 Å². The molecular weight excluding hydrogens is 296 g/mol. The molecule has 0 saturated heterocycles. The first kappa shape index (κ1) is 18.0. The van der Waals surface area contributed by atoms with Crippen molar-refractivity contribution >= 4 is 22.3 Å². The van der Waals surface area contributed by atoms with Crippen molar-refractivity contribution in [1.29, 1.82) is 0 Å². The summed E-state index contributed by atoms with van der Waals surface area (Å²) in [4.78, 5) is 28.0. The van der Waals surface area contributed by atoms with E-state index in [0.717, 1.165) is 0 Å². The van der Waals surface area contributed by atoms with Crippen molar-refractivity contribution in [3.63, 3.8) is 0 Å². The number of aromatic nitrogens is 2. The lowest BCUT2D eigenvalue weighted by atomic mass is 9.95. The molecular formula is C9H14N2O8S. The number of aromatic amines is 1. The van der Waals surface area contributed by atoms with E-state index in [9.17, 15) is 9.59 Å². The molecule has 0 bridgehead atoms. The zero-order valence-electron chi connectivity index (χ0n) is 10.3. The number of nitrogens with one attached hydrogen (secondary N) is 1. The highest BCUT2D eigenvalue weighted by atomic mass is 32.3. The maximum Gasteiger partial charge on any atom is 0.394 e. The fourth-order valence-corrected chi connectivity index (χ4v) is 1.25. The Kier molecular flexibility index (Phi) is 6.82. The van der Waals surface area contributed by atoms with Crippen LogP contribution in [0.5, 0.6) is 0 Å². The average Bonchev–Trinajstić information content (AvgIpc) is 2.75. The summed E-state index contributed by atoms with van der Waals surface area (Å²) in [6, 6.07) is 0. The van der Waals surface area contributed by atoms with Crippen molar-refractivity contribution in [2.24, 2.45) is 5.92 Å². The van der Waals surface area contributed by atoms with E-state index in [1.807, 2.05) is 0 Å². The molecule has 20 heavy (non-hydrogen) atoms. The number of rotatable bonds is 5. The average molecular weight is 310 g/mol. The Hall–Kier alpha value is -1.98. The Balaban J connectivity index is 0.000000621. The summed E-state index contributed by atoms with van der Waals surface area (Å²) in [5.41, 5.74) is 0. The lowest BCUT2D eigenvalue weighted by molar-refractivity contribution is -0.143. The van der Waals surface area contributed by atoms with Crippen LogP contribution in [0.4, 0.5) is 0 Å². The van der Waals surface area contributed by atoms with Crippen molar-refractivity contribution in [3.8, 4) is 0 Å². The molecule has 0 aliphatic heterocycles. The summed E-state index contributed by atoms with van der Waals surface area (Å²) in [6.45, 7) is 1.47. The van der Waals surface area contributed by atoms with Gasteiger partial charge in [-0.05, 0) is 6.42 Å². The molecule has 2 atom stereocenters. The van der Waals surface area contributed by atoms with Gasteiger partial charge in [-0.3, -0.25) is 18.7 Å². The van der Waals surface area contributed by atoms with Crippen LogP contribution in [-0.4, -0.2) is 49.6 Å². The highest BCUT2D eigenvalue weighted by Gasteiger charge is 2.27. The van der Waals surface area contributed by atoms with Gasteiger partial charge >= 0.3 is 22.3 Å². The number of carboxylic acids is 2. The highest BCUT2D eigenvalue weighted by molar-refractivity contribution is 7.79. The molecule has 5 N–H and O–H groups in total. The number of nitrogens with zero attached hydrogens (tertiary/aromatic N) is 1. The van der Waals surface area contributed by atoms with E-state index in [0.29, 0.717) is 0 Å². The first-order chi connectivity index (χ1) is 9.02. The first-order valence-electron chi connectivity index (χ1n) is 5.17. The standard InChI is InChI=1S/C9H12N2O4.H2O4S/c1-5(8(12)13)4-6(9(14)15)7-10-2-3-11-7;1-5(2,3)4/h2-3,5-6H,4H2,1H3,(H,10,11)(H,12,13)(H,14,15);(H2,1,2,3,4). The molecule has 0 aromatic carbocycles. The number of carbonyl (C=O) groups is 2. The van der Waals surface area contributed by atoms with E-state index < -0.39 is 34.2 Å². The Morgan fingerprint density at radius 3 is 2.10 bits per heavy atom. The molecule has 0 aliphatic carbocycles. The highest BCUT2D eigenvalue weighted by Crippen LogP contribution is 2.21. The van der Waals surface area contributed by atoms with E-state index in [2.05, 4.69) is 9.97 Å². The van der Waals surface area contributed by atoms with Gasteiger partial charge in [-0.25, -0.2) is 4.98 Å². The van der Waals surface area contributed by atoms with Crippen LogP contribution in [0.1, 0.15) is 25.1 Å². The third-order valence-electron chi connectivity index (χ3n) is 2.16. The molecule has 10 nitrogen and oxygen atoms in total. The van der Waals surface area contributed by atoms with Crippen LogP contribution in [0.2, 0.25) is 0 Å². The molecule has 1 heterocycles. The van der Waals surface area contributed by atoms with Crippen LogP contribution in [-0.2, 0) is 20.0 Å². The lowest BCUT2D eigenvalue weighted by Gasteiger charge is -2.12. The van der Waals surface area contributed by atoms with Crippen LogP contribution < -0.4 is 0 Å². The minimum absolute atomic E-state index is 0.0260. The van der Waals surface area contributed by atoms with E-state index in [1.54, 1.807) is 0 Å². The second-order valence-electron chi connectivity index (χ2n) is 3.79. The zero-order valence-corrected chi connectivity index (χ0v) is 11.1. The van der Waals surface area contributed by atoms with E-state index in [-0.39, 0.29) is 12.2 Å². The largest absolute Gasteiger partial charge is 0.481 e. The van der Waals surface area contributed by atoms with Crippen molar-refractivity contribution in [2.75, 3.05) is 0 Å². The topological polar surface area (TPSA) is 178 Å². The van der Waals surface area contributed by atoms with Gasteiger partial charge in [0.2, 0.25) is 0 Å². The summed E-state index contributed by atoms with van der Waals surface area (Å²) in [7, 11) is -4.67. The number of hydrogen-bond donors (Lipinski definition) is 5. The Morgan fingerprint density at radius 1 is 1.30 bits per heavy atom. The molecule has 0 amide bonds. The van der Waals surface area contributed by atoms with Gasteiger partial charge in [-0.15, -0.1) is 0 Å². The SMILES string of the molecule is CC(CC(C(=O)O)c1ncc[nH]1)C(=O)O.O=S(=O)(O)O. The maximum atomic E-state index is 10.9. The number of H-pyrrole nitrogens is 1. The second kappa shape index (κ2) is 7.57. The first-order valence-corrected chi connectivity index (χ1v) is 6.56. The molecule has 11 heteroatoms. The monoisotopic (exact) mass is 310 g/mol. The summed E-state index contributed by atoms with van der Waals surface area (Å²) < 4.78 is 31.6. The fraction of sp³-hybridized carbons (Fsp3) is 0.444. The minimum Gasteiger partial charge on any atom is -0.481 e. The molecule has 0 saturated carbocycles. The number of imidazole rings is 1. The number of aliphatic carboxylic acids is 2. The summed E-state index contributed by atoms with van der Waals surface area (Å²) in [5, 5.41) is 17.6. The van der Waals surface area contributed by atoms with Crippen molar-refractivity contribution in [3.05, 3.63) is 18.2 Å². The second-order valence-corrected chi connectivity index (χ2v) is 4.68. The molecule has 1 rings (SSSR count). The molecule has 0 aliphatic rings. The summed E-state index contributed by atoms with van der Waals surface area (Å²) in [6.07, 6.45) is 2.98. The molecule has 114 valence electrons. The van der Waals surface area contributed by atoms with Crippen LogP contribution in [0.3, 0.4) is 0 Å². The van der Waals surface area contributed by atoms with Gasteiger partial charge in [0.05, 0.1) is 5.92 Å². The number of hydrogen-bond acceptors (Lipinski definition) is 5. The predicted molar refractivity (Wildman–Crippen MR) is 64.6 cm³/mol. The van der Waals surface area contributed by atoms with Gasteiger partial charge in [-0.2, -0.15) is 8.42 Å². The minimum atomic E-state index is -4.67. The third-order valence-corrected chi connectivity index (χ3v) is 2.16. The Bertz CT molecular complexity index is 530. The third kappa shape index (κ3) is 8.18. The fourth-order valence-electron chi connectivity index (χ4n) is 1.25. The van der Waals surface area contributed by atoms with Gasteiger partial charge in [0, 0.05) is 12.4 Å². The molecule has 0 radical (unpaired) electrons. The summed E-state index contributed by atoms with van der Waals surface area (Å²) in [5.74, 6) is -3.40. The van der Waals surface area contributed by atoms with Crippen LogP contribution >= 0.6 is 0 Å². The van der Waals surface area contributed by atoms with Gasteiger partial charge < -0.3 is 15.2 Å². The Morgan fingerprint density at radius 2 is 1.80 bits per heavy atom. The zero-order chi connectivity index (χ0) is 15.9. The van der Waals surface area contributed by atoms with E-state index >= 15 is 0 Å². The van der Waals surface area contributed by atoms with Gasteiger partial charge in [0.1, 0.15) is 11.7 Å². The van der Waals surface area contributed by atoms with E-state index in [1.165, 1.54) is 19.3 Å². The molecule has 0 spiro atoms. The van der Waals surface area contributed by atoms with Crippen molar-refractivity contribution < 1.29 is 37.3 Å².